The van der Waals surface area contributed by atoms with Crippen LogP contribution in [0, 0.1) is 16.7 Å². The Balaban J connectivity index is 1.70. The van der Waals surface area contributed by atoms with Gasteiger partial charge in [0.1, 0.15) is 12.2 Å². The number of ketones is 1. The molecule has 0 aromatic heterocycles. The van der Waals surface area contributed by atoms with Crippen molar-refractivity contribution in [3.8, 4) is 0 Å². The van der Waals surface area contributed by atoms with Crippen molar-refractivity contribution in [1.29, 1.82) is 0 Å². The number of likely N-dealkylation sites (N-methyl/N-ethyl adjacent to an activating group) is 1. The van der Waals surface area contributed by atoms with E-state index in [1.807, 2.05) is 68.1 Å². The number of carbonyl (C=O) groups is 3. The summed E-state index contributed by atoms with van der Waals surface area (Å²) in [5.41, 5.74) is 0.134. The number of methoxy groups -OCH3 is 1. The molecule has 1 aromatic rings. The van der Waals surface area contributed by atoms with Gasteiger partial charge in [-0.3, -0.25) is 9.59 Å². The van der Waals surface area contributed by atoms with E-state index in [0.717, 1.165) is 5.56 Å². The van der Waals surface area contributed by atoms with Gasteiger partial charge in [-0.15, -0.1) is 0 Å². The van der Waals surface area contributed by atoms with Gasteiger partial charge in [0.15, 0.2) is 5.76 Å². The lowest BCUT2D eigenvalue weighted by Gasteiger charge is -2.54. The van der Waals surface area contributed by atoms with E-state index in [4.69, 9.17) is 14.2 Å². The first-order chi connectivity index (χ1) is 20.8. The van der Waals surface area contributed by atoms with Crippen molar-refractivity contribution in [3.05, 3.63) is 70.1 Å². The fraction of sp³-hybridized carbons (Fsp3) is 0.559. The largest absolute Gasteiger partial charge is 0.504 e. The lowest BCUT2D eigenvalue weighted by molar-refractivity contribution is -0.161. The average molecular weight is 609 g/mol. The normalized spacial score (nSPS) is 32.4. The molecule has 10 heteroatoms. The number of aliphatic hydroxyl groups excluding tert-OH is 2. The number of rotatable bonds is 9. The smallest absolute Gasteiger partial charge is 0.340 e. The molecule has 4 aliphatic rings. The van der Waals surface area contributed by atoms with Crippen LogP contribution in [0.4, 0.5) is 0 Å². The number of carbonyl (C=O) groups excluding carboxylic acids is 3. The highest BCUT2D eigenvalue weighted by molar-refractivity contribution is 6.13. The second kappa shape index (κ2) is 12.1. The second-order valence-electron chi connectivity index (χ2n) is 13.2. The number of aliphatic hydroxyl groups is 2. The summed E-state index contributed by atoms with van der Waals surface area (Å²) >= 11 is 0. The van der Waals surface area contributed by atoms with E-state index in [-0.39, 0.29) is 23.7 Å². The summed E-state index contributed by atoms with van der Waals surface area (Å²) in [6, 6.07) is 9.82. The molecule has 1 heterocycles. The molecule has 6 atom stereocenters. The van der Waals surface area contributed by atoms with E-state index in [1.165, 1.54) is 14.0 Å². The predicted molar refractivity (Wildman–Crippen MR) is 162 cm³/mol. The van der Waals surface area contributed by atoms with Crippen molar-refractivity contribution in [3.63, 3.8) is 0 Å². The highest BCUT2D eigenvalue weighted by Crippen LogP contribution is 2.63. The summed E-state index contributed by atoms with van der Waals surface area (Å²) < 4.78 is 17.5. The fourth-order valence-corrected chi connectivity index (χ4v) is 7.79. The van der Waals surface area contributed by atoms with Crippen LogP contribution in [-0.4, -0.2) is 96.9 Å². The number of fused-ring (bicyclic) bond motifs is 4. The van der Waals surface area contributed by atoms with Crippen LogP contribution in [0.1, 0.15) is 45.6 Å². The van der Waals surface area contributed by atoms with Crippen LogP contribution >= 0.6 is 0 Å². The zero-order chi connectivity index (χ0) is 32.0. The summed E-state index contributed by atoms with van der Waals surface area (Å²) in [7, 11) is 5.42. The number of esters is 2. The molecule has 3 aliphatic carbocycles. The lowest BCUT2D eigenvalue weighted by Crippen LogP contribution is -2.57. The molecule has 2 N–H and O–H groups in total. The van der Waals surface area contributed by atoms with Crippen LogP contribution in [0.5, 0.6) is 0 Å². The number of hydrogen-bond acceptors (Lipinski definition) is 10. The lowest BCUT2D eigenvalue weighted by atomic mass is 9.53. The number of benzene rings is 1. The Morgan fingerprint density at radius 3 is 2.48 bits per heavy atom. The van der Waals surface area contributed by atoms with Gasteiger partial charge in [0.2, 0.25) is 5.78 Å². The minimum Gasteiger partial charge on any atom is -0.504 e. The third-order valence-corrected chi connectivity index (χ3v) is 10.0. The number of nitrogens with zero attached hydrogens (tertiary/aromatic N) is 2. The highest BCUT2D eigenvalue weighted by atomic mass is 16.6. The minimum atomic E-state index is -1.25. The van der Waals surface area contributed by atoms with Gasteiger partial charge in [-0.1, -0.05) is 37.3 Å². The first-order valence-electron chi connectivity index (χ1n) is 15.3. The van der Waals surface area contributed by atoms with Crippen LogP contribution in [0.25, 0.3) is 0 Å². The molecule has 0 spiro atoms. The number of Topliss-reactive ketones (excluding diaryl/α,β-unsaturated/α-hetero) is 1. The quantitative estimate of drug-likeness (QED) is 0.319. The van der Waals surface area contributed by atoms with E-state index in [2.05, 4.69) is 0 Å². The molecule has 238 valence electrons. The Bertz CT molecular complexity index is 1420. The second-order valence-corrected chi connectivity index (χ2v) is 13.2. The monoisotopic (exact) mass is 608 g/mol. The van der Waals surface area contributed by atoms with Gasteiger partial charge in [0.25, 0.3) is 0 Å². The zero-order valence-electron chi connectivity index (χ0n) is 26.5. The molecule has 0 bridgehead atoms. The molecule has 0 radical (unpaired) electrons. The number of hydrogen-bond donors (Lipinski definition) is 2. The molecule has 1 saturated heterocycles. The molecule has 1 aliphatic heterocycles. The first kappa shape index (κ1) is 31.9. The maximum atomic E-state index is 14.3. The van der Waals surface area contributed by atoms with Gasteiger partial charge in [-0.05, 0) is 57.3 Å². The Morgan fingerprint density at radius 1 is 1.14 bits per heavy atom. The minimum absolute atomic E-state index is 0.0109. The van der Waals surface area contributed by atoms with Crippen LogP contribution in [0.2, 0.25) is 0 Å². The van der Waals surface area contributed by atoms with E-state index >= 15 is 0 Å². The summed E-state index contributed by atoms with van der Waals surface area (Å²) in [5.74, 6) is -2.69. The van der Waals surface area contributed by atoms with Gasteiger partial charge in [0, 0.05) is 56.4 Å². The summed E-state index contributed by atoms with van der Waals surface area (Å²) in [6.07, 6.45) is 0.506. The van der Waals surface area contributed by atoms with Gasteiger partial charge in [-0.25, -0.2) is 4.79 Å². The van der Waals surface area contributed by atoms with Crippen molar-refractivity contribution in [2.24, 2.45) is 16.7 Å². The number of cyclic esters (lactones) is 1. The van der Waals surface area contributed by atoms with Gasteiger partial charge in [0.05, 0.1) is 23.7 Å². The van der Waals surface area contributed by atoms with Gasteiger partial charge < -0.3 is 34.2 Å². The highest BCUT2D eigenvalue weighted by Gasteiger charge is 2.64. The molecule has 10 nitrogen and oxygen atoms in total. The molecular formula is C34H44N2O8. The fourth-order valence-electron chi connectivity index (χ4n) is 7.79. The van der Waals surface area contributed by atoms with E-state index in [1.54, 1.807) is 6.20 Å². The van der Waals surface area contributed by atoms with E-state index < -0.39 is 52.6 Å². The Morgan fingerprint density at radius 2 is 1.84 bits per heavy atom. The van der Waals surface area contributed by atoms with E-state index in [9.17, 15) is 24.6 Å². The standard InChI is InChI=1S/C34H44N2O8/c1-20(37)43-24-16-33(2)23(12-13-25(33)38)27-29(24)34(3)26(19-42-6)44-32(41)22(28(34)31(40)30(27)39)18-36(15-14-35(4)5)17-21-10-8-7-9-11-21/h7-11,18,23-26,38,40H,12-17,19H2,1-6H3/b22-18-. The maximum absolute atomic E-state index is 14.3. The molecule has 5 rings (SSSR count). The van der Waals surface area contributed by atoms with Crippen molar-refractivity contribution < 1.29 is 38.8 Å². The Labute approximate surface area is 258 Å². The first-order valence-corrected chi connectivity index (χ1v) is 15.3. The molecule has 6 unspecified atom stereocenters. The predicted octanol–water partition coefficient (Wildman–Crippen LogP) is 3.32. The third kappa shape index (κ3) is 5.37. The SMILES string of the molecule is COCC1OC(=O)/C(=C\N(CCN(C)C)Cc2ccccc2)C2=C(O)C(=O)C3=C(C(OC(C)=O)CC4(C)C(O)CCC34)C21C. The Hall–Kier alpha value is -3.47. The Kier molecular flexibility index (Phi) is 8.81. The topological polar surface area (TPSA) is 126 Å². The molecule has 1 saturated carbocycles. The van der Waals surface area contributed by atoms with Gasteiger partial charge in [-0.2, -0.15) is 0 Å². The molecular weight excluding hydrogens is 564 g/mol. The average Bonchev–Trinajstić information content (AvgIpc) is 3.26. The van der Waals surface area contributed by atoms with Crippen molar-refractivity contribution >= 4 is 17.7 Å². The van der Waals surface area contributed by atoms with Crippen molar-refractivity contribution in [2.75, 3.05) is 40.9 Å². The number of ether oxygens (including phenoxy) is 3. The van der Waals surface area contributed by atoms with Crippen LogP contribution in [0.3, 0.4) is 0 Å². The summed E-state index contributed by atoms with van der Waals surface area (Å²) in [5, 5.41) is 22.9. The van der Waals surface area contributed by atoms with Crippen LogP contribution in [-0.2, 0) is 35.1 Å². The van der Waals surface area contributed by atoms with Crippen molar-refractivity contribution in [1.82, 2.24) is 9.80 Å². The molecule has 2 fully saturated rings. The summed E-state index contributed by atoms with van der Waals surface area (Å²) in [4.78, 5) is 44.5. The number of allylic oxidation sites excluding steroid dienone is 1. The zero-order valence-corrected chi connectivity index (χ0v) is 26.5. The maximum Gasteiger partial charge on any atom is 0.340 e. The van der Waals surface area contributed by atoms with Crippen LogP contribution in [0.15, 0.2) is 64.6 Å². The van der Waals surface area contributed by atoms with Crippen molar-refractivity contribution in [2.45, 2.75) is 64.9 Å². The van der Waals surface area contributed by atoms with E-state index in [0.29, 0.717) is 50.0 Å². The molecule has 1 aromatic carbocycles. The van der Waals surface area contributed by atoms with Gasteiger partial charge >= 0.3 is 11.9 Å². The molecule has 44 heavy (non-hydrogen) atoms. The molecule has 0 amide bonds. The third-order valence-electron chi connectivity index (χ3n) is 10.0. The summed E-state index contributed by atoms with van der Waals surface area (Å²) in [6.45, 7) is 6.76. The van der Waals surface area contributed by atoms with Crippen LogP contribution < -0.4 is 0 Å².